The lowest BCUT2D eigenvalue weighted by molar-refractivity contribution is -0.132. The first-order valence-corrected chi connectivity index (χ1v) is 8.85. The smallest absolute Gasteiger partial charge is 0.346 e. The van der Waals surface area contributed by atoms with Gasteiger partial charge in [0.05, 0.1) is 13.0 Å². The van der Waals surface area contributed by atoms with Gasteiger partial charge in [-0.05, 0) is 37.5 Å². The summed E-state index contributed by atoms with van der Waals surface area (Å²) in [6, 6.07) is 9.76. The fraction of sp³-hybridized carbons (Fsp3) is 0.333. The number of carbonyl (C=O) groups excluding carboxylic acids is 1. The number of nitrogens with zero attached hydrogens (tertiary/aromatic N) is 1. The van der Waals surface area contributed by atoms with Crippen molar-refractivity contribution in [3.8, 4) is 5.75 Å². The van der Waals surface area contributed by atoms with E-state index in [-0.39, 0.29) is 17.6 Å². The average molecular weight is 351 g/mol. The predicted octanol–water partition coefficient (Wildman–Crippen LogP) is 2.88. The Kier molecular flexibility index (Phi) is 4.15. The Morgan fingerprint density at radius 3 is 2.92 bits per heavy atom. The molecule has 0 unspecified atom stereocenters. The highest BCUT2D eigenvalue weighted by Gasteiger charge is 2.32. The van der Waals surface area contributed by atoms with E-state index in [9.17, 15) is 9.59 Å². The molecule has 5 nitrogen and oxygen atoms in total. The molecule has 0 aliphatic carbocycles. The molecule has 5 heteroatoms. The summed E-state index contributed by atoms with van der Waals surface area (Å²) in [5, 5.41) is 0. The van der Waals surface area contributed by atoms with Crippen LogP contribution in [-0.2, 0) is 11.2 Å². The Hall–Kier alpha value is -2.82. The number of fused-ring (bicyclic) bond motifs is 2. The van der Waals surface area contributed by atoms with Crippen LogP contribution in [0.25, 0.3) is 6.08 Å². The first-order chi connectivity index (χ1) is 12.5. The van der Waals surface area contributed by atoms with Crippen LogP contribution in [0.15, 0.2) is 45.1 Å². The van der Waals surface area contributed by atoms with Gasteiger partial charge < -0.3 is 14.1 Å². The van der Waals surface area contributed by atoms with Crippen molar-refractivity contribution >= 4 is 12.0 Å². The van der Waals surface area contributed by atoms with Crippen molar-refractivity contribution in [2.45, 2.75) is 32.8 Å². The first-order valence-electron chi connectivity index (χ1n) is 8.85. The SMILES string of the molecule is Cc1cccc(CC(=O)N2CCC3=Cc4c(cc(C)oc4=O)O[C@H]3C2)c1. The molecule has 0 N–H and O–H groups in total. The molecule has 134 valence electrons. The summed E-state index contributed by atoms with van der Waals surface area (Å²) in [5.41, 5.74) is 3.33. The van der Waals surface area contributed by atoms with E-state index >= 15 is 0 Å². The number of carbonyl (C=O) groups is 1. The number of hydrogen-bond donors (Lipinski definition) is 0. The summed E-state index contributed by atoms with van der Waals surface area (Å²) in [7, 11) is 0. The van der Waals surface area contributed by atoms with Crippen LogP contribution in [0.4, 0.5) is 0 Å². The number of hydrogen-bond acceptors (Lipinski definition) is 4. The van der Waals surface area contributed by atoms with E-state index in [1.54, 1.807) is 13.0 Å². The molecule has 2 aliphatic rings. The van der Waals surface area contributed by atoms with E-state index in [4.69, 9.17) is 9.15 Å². The van der Waals surface area contributed by atoms with E-state index < -0.39 is 0 Å². The minimum atomic E-state index is -0.371. The maximum atomic E-state index is 12.7. The average Bonchev–Trinajstić information content (AvgIpc) is 2.59. The second-order valence-corrected chi connectivity index (χ2v) is 7.00. The highest BCUT2D eigenvalue weighted by Crippen LogP contribution is 2.32. The molecule has 1 saturated heterocycles. The van der Waals surface area contributed by atoms with E-state index in [0.29, 0.717) is 43.0 Å². The summed E-state index contributed by atoms with van der Waals surface area (Å²) in [6.07, 6.45) is 2.78. The van der Waals surface area contributed by atoms with E-state index in [1.807, 2.05) is 42.2 Å². The number of piperidine rings is 1. The van der Waals surface area contributed by atoms with Gasteiger partial charge >= 0.3 is 5.63 Å². The van der Waals surface area contributed by atoms with Crippen LogP contribution in [0.1, 0.15) is 28.9 Å². The van der Waals surface area contributed by atoms with Gasteiger partial charge in [0.1, 0.15) is 23.2 Å². The summed E-state index contributed by atoms with van der Waals surface area (Å²) >= 11 is 0. The van der Waals surface area contributed by atoms with Crippen molar-refractivity contribution in [3.63, 3.8) is 0 Å². The van der Waals surface area contributed by atoms with E-state index in [0.717, 1.165) is 16.7 Å². The third kappa shape index (κ3) is 3.17. The van der Waals surface area contributed by atoms with Crippen LogP contribution in [0.2, 0.25) is 0 Å². The van der Waals surface area contributed by atoms with Gasteiger partial charge in [-0.2, -0.15) is 0 Å². The molecule has 2 aliphatic heterocycles. The van der Waals surface area contributed by atoms with E-state index in [1.165, 1.54) is 0 Å². The normalized spacial score (nSPS) is 18.5. The molecule has 0 radical (unpaired) electrons. The van der Waals surface area contributed by atoms with Gasteiger partial charge in [0.2, 0.25) is 5.91 Å². The zero-order valence-electron chi connectivity index (χ0n) is 15.0. The Morgan fingerprint density at radius 2 is 2.12 bits per heavy atom. The minimum absolute atomic E-state index is 0.104. The lowest BCUT2D eigenvalue weighted by Gasteiger charge is -2.37. The molecule has 1 aromatic heterocycles. The topological polar surface area (TPSA) is 59.8 Å². The molecular formula is C21H21NO4. The highest BCUT2D eigenvalue weighted by molar-refractivity contribution is 5.79. The molecule has 0 saturated carbocycles. The van der Waals surface area contributed by atoms with E-state index in [2.05, 4.69) is 0 Å². The van der Waals surface area contributed by atoms with Crippen LogP contribution in [0.5, 0.6) is 5.75 Å². The van der Waals surface area contributed by atoms with Gasteiger partial charge in [-0.3, -0.25) is 4.79 Å². The van der Waals surface area contributed by atoms with Crippen molar-refractivity contribution in [2.24, 2.45) is 0 Å². The summed E-state index contributed by atoms with van der Waals surface area (Å²) in [5.74, 6) is 1.17. The molecule has 0 spiro atoms. The second kappa shape index (κ2) is 6.48. The largest absolute Gasteiger partial charge is 0.483 e. The minimum Gasteiger partial charge on any atom is -0.483 e. The monoisotopic (exact) mass is 351 g/mol. The fourth-order valence-corrected chi connectivity index (χ4v) is 3.61. The Morgan fingerprint density at radius 1 is 1.27 bits per heavy atom. The number of rotatable bonds is 2. The lowest BCUT2D eigenvalue weighted by atomic mass is 9.95. The number of ether oxygens (including phenoxy) is 1. The quantitative estimate of drug-likeness (QED) is 0.835. The second-order valence-electron chi connectivity index (χ2n) is 7.00. The lowest BCUT2D eigenvalue weighted by Crippen LogP contribution is -2.47. The zero-order valence-corrected chi connectivity index (χ0v) is 15.0. The maximum Gasteiger partial charge on any atom is 0.346 e. The Bertz CT molecular complexity index is 957. The molecule has 2 aromatic rings. The summed E-state index contributed by atoms with van der Waals surface area (Å²) in [4.78, 5) is 26.6. The molecule has 3 heterocycles. The summed E-state index contributed by atoms with van der Waals surface area (Å²) < 4.78 is 11.2. The maximum absolute atomic E-state index is 12.7. The summed E-state index contributed by atoms with van der Waals surface area (Å²) in [6.45, 7) is 4.90. The molecule has 4 rings (SSSR count). The number of likely N-dealkylation sites (tertiary alicyclic amines) is 1. The molecule has 1 amide bonds. The number of benzene rings is 1. The van der Waals surface area contributed by atoms with Crippen molar-refractivity contribution in [3.05, 3.63) is 68.8 Å². The standard InChI is InChI=1S/C21H21NO4/c1-13-4-3-5-15(8-13)10-20(23)22-7-6-16-11-17-18(26-19(16)12-22)9-14(2)25-21(17)24/h3-5,8-9,11,19H,6-7,10,12H2,1-2H3/t19-/m0/s1. The Labute approximate surface area is 151 Å². The van der Waals surface area contributed by atoms with Crippen LogP contribution in [0.3, 0.4) is 0 Å². The van der Waals surface area contributed by atoms with Gasteiger partial charge in [-0.15, -0.1) is 0 Å². The number of amides is 1. The fourth-order valence-electron chi connectivity index (χ4n) is 3.61. The van der Waals surface area contributed by atoms with Crippen molar-refractivity contribution < 1.29 is 13.9 Å². The molecule has 1 fully saturated rings. The van der Waals surface area contributed by atoms with Crippen LogP contribution < -0.4 is 10.4 Å². The van der Waals surface area contributed by atoms with Gasteiger partial charge in [0.15, 0.2) is 0 Å². The predicted molar refractivity (Wildman–Crippen MR) is 98.2 cm³/mol. The zero-order chi connectivity index (χ0) is 18.3. The van der Waals surface area contributed by atoms with Crippen molar-refractivity contribution in [1.29, 1.82) is 0 Å². The van der Waals surface area contributed by atoms with Crippen molar-refractivity contribution in [1.82, 2.24) is 4.90 Å². The third-order valence-corrected chi connectivity index (χ3v) is 4.93. The van der Waals surface area contributed by atoms with Crippen LogP contribution in [-0.4, -0.2) is 30.0 Å². The van der Waals surface area contributed by atoms with Crippen LogP contribution in [0, 0.1) is 13.8 Å². The molecule has 0 bridgehead atoms. The first kappa shape index (κ1) is 16.6. The highest BCUT2D eigenvalue weighted by atomic mass is 16.5. The molecule has 1 atom stereocenters. The van der Waals surface area contributed by atoms with Gasteiger partial charge in [0, 0.05) is 12.6 Å². The Balaban J connectivity index is 1.50. The molecular weight excluding hydrogens is 330 g/mol. The third-order valence-electron chi connectivity index (χ3n) is 4.93. The van der Waals surface area contributed by atoms with Crippen molar-refractivity contribution in [2.75, 3.05) is 13.1 Å². The van der Waals surface area contributed by atoms with Crippen LogP contribution >= 0.6 is 0 Å². The van der Waals surface area contributed by atoms with Gasteiger partial charge in [0.25, 0.3) is 0 Å². The molecule has 1 aromatic carbocycles. The van der Waals surface area contributed by atoms with Gasteiger partial charge in [-0.1, -0.05) is 29.8 Å². The number of aryl methyl sites for hydroxylation is 2. The van der Waals surface area contributed by atoms with Gasteiger partial charge in [-0.25, -0.2) is 4.79 Å². The molecule has 26 heavy (non-hydrogen) atoms.